The summed E-state index contributed by atoms with van der Waals surface area (Å²) in [6.45, 7) is 0. The van der Waals surface area contributed by atoms with E-state index in [1.165, 1.54) is 37.9 Å². The van der Waals surface area contributed by atoms with Crippen LogP contribution in [0.2, 0.25) is 0 Å². The Morgan fingerprint density at radius 2 is 0.676 bits per heavy atom. The topological polar surface area (TPSA) is 52.1 Å². The van der Waals surface area contributed by atoms with Gasteiger partial charge >= 0.3 is 0 Å². The second-order valence-electron chi connectivity index (χ2n) is 17.7. The Bertz CT molecular complexity index is 4120. The molecule has 4 nitrogen and oxygen atoms in total. The van der Waals surface area contributed by atoms with E-state index in [1.807, 2.05) is 24.3 Å². The molecule has 14 aromatic rings. The van der Waals surface area contributed by atoms with E-state index in [0.29, 0.717) is 5.82 Å². The van der Waals surface area contributed by atoms with Crippen molar-refractivity contribution in [2.75, 3.05) is 0 Å². The van der Waals surface area contributed by atoms with Crippen molar-refractivity contribution in [1.82, 2.24) is 9.97 Å². The number of para-hydroxylation sites is 2. The molecule has 316 valence electrons. The molecule has 11 aromatic carbocycles. The van der Waals surface area contributed by atoms with Crippen molar-refractivity contribution in [2.24, 2.45) is 0 Å². The smallest absolute Gasteiger partial charge is 0.160 e. The first kappa shape index (κ1) is 38.2. The molecule has 0 aliphatic rings. The molecule has 14 rings (SSSR count). The lowest BCUT2D eigenvalue weighted by Crippen LogP contribution is -1.96. The number of hydrogen-bond donors (Lipinski definition) is 0. The van der Waals surface area contributed by atoms with Crippen molar-refractivity contribution in [3.63, 3.8) is 0 Å². The van der Waals surface area contributed by atoms with Crippen LogP contribution in [0.4, 0.5) is 0 Å². The van der Waals surface area contributed by atoms with Crippen LogP contribution >= 0.6 is 0 Å². The molecule has 3 aromatic heterocycles. The summed E-state index contributed by atoms with van der Waals surface area (Å²) in [4.78, 5) is 10.6. The van der Waals surface area contributed by atoms with Gasteiger partial charge in [0.2, 0.25) is 0 Å². The minimum absolute atomic E-state index is 0.667. The molecule has 0 amide bonds. The van der Waals surface area contributed by atoms with E-state index in [4.69, 9.17) is 18.8 Å². The Hall–Kier alpha value is -9.12. The maximum Gasteiger partial charge on any atom is 0.160 e. The highest BCUT2D eigenvalue weighted by Crippen LogP contribution is 2.41. The van der Waals surface area contributed by atoms with Gasteiger partial charge in [0.15, 0.2) is 5.82 Å². The number of aromatic nitrogens is 2. The van der Waals surface area contributed by atoms with Crippen molar-refractivity contribution in [3.8, 4) is 67.3 Å². The number of fused-ring (bicyclic) bond motifs is 10. The van der Waals surface area contributed by atoms with Gasteiger partial charge in [0, 0.05) is 38.2 Å². The third kappa shape index (κ3) is 6.30. The van der Waals surface area contributed by atoms with E-state index in [1.54, 1.807) is 0 Å². The van der Waals surface area contributed by atoms with Crippen molar-refractivity contribution in [2.45, 2.75) is 0 Å². The van der Waals surface area contributed by atoms with Gasteiger partial charge in [0.25, 0.3) is 0 Å². The lowest BCUT2D eigenvalue weighted by atomic mass is 9.89. The zero-order valence-corrected chi connectivity index (χ0v) is 36.7. The molecule has 0 bridgehead atoms. The maximum absolute atomic E-state index is 6.13. The van der Waals surface area contributed by atoms with Crippen molar-refractivity contribution in [1.29, 1.82) is 0 Å². The molecule has 0 unspecified atom stereocenters. The minimum Gasteiger partial charge on any atom is -0.456 e. The van der Waals surface area contributed by atoms with Crippen LogP contribution in [0.5, 0.6) is 0 Å². The standard InChI is InChI=1S/C64H38N2O2/c1-3-11-49-41(9-1)29-32-53-54(49)37-48-10-2-4-12-50(48)63(53)44-25-27-45(28-26-44)64-65-57(42-21-17-39(18-22-42)46-30-33-61-55(35-46)51-13-5-7-15-59(51)67-61)38-58(66-64)43-23-19-40(20-24-43)47-31-34-62-56(36-47)52-14-6-8-16-60(52)68-62/h1-38H. The summed E-state index contributed by atoms with van der Waals surface area (Å²) >= 11 is 0. The molecule has 0 aliphatic carbocycles. The highest BCUT2D eigenvalue weighted by atomic mass is 16.3. The van der Waals surface area contributed by atoms with Gasteiger partial charge in [-0.1, -0.05) is 182 Å². The van der Waals surface area contributed by atoms with Crippen LogP contribution in [-0.4, -0.2) is 9.97 Å². The first-order valence-electron chi connectivity index (χ1n) is 23.0. The SMILES string of the molecule is c1ccc2c(-c3ccc(-c4nc(-c5ccc(-c6ccc7oc8ccccc8c7c6)cc5)cc(-c5ccc(-c6ccc7oc8ccccc8c7c6)cc5)n4)cc3)c3ccc4ccccc4c3cc2c1. The Morgan fingerprint density at radius 3 is 1.26 bits per heavy atom. The fourth-order valence-corrected chi connectivity index (χ4v) is 10.3. The average Bonchev–Trinajstić information content (AvgIpc) is 3.98. The molecule has 0 spiro atoms. The van der Waals surface area contributed by atoms with E-state index in [2.05, 4.69) is 206 Å². The number of hydrogen-bond acceptors (Lipinski definition) is 4. The van der Waals surface area contributed by atoms with Gasteiger partial charge in [-0.3, -0.25) is 0 Å². The molecular formula is C64H38N2O2. The van der Waals surface area contributed by atoms with E-state index in [-0.39, 0.29) is 0 Å². The molecule has 0 fully saturated rings. The Labute approximate surface area is 391 Å². The predicted molar refractivity (Wildman–Crippen MR) is 282 cm³/mol. The van der Waals surface area contributed by atoms with Gasteiger partial charge in [0.05, 0.1) is 11.4 Å². The number of nitrogens with zero attached hydrogens (tertiary/aromatic N) is 2. The van der Waals surface area contributed by atoms with Gasteiger partial charge in [-0.05, 0) is 114 Å². The first-order valence-corrected chi connectivity index (χ1v) is 23.0. The fraction of sp³-hybridized carbons (Fsp3) is 0. The van der Waals surface area contributed by atoms with Crippen molar-refractivity contribution < 1.29 is 8.83 Å². The van der Waals surface area contributed by atoms with Crippen LogP contribution in [0.3, 0.4) is 0 Å². The van der Waals surface area contributed by atoms with E-state index in [0.717, 1.165) is 99.8 Å². The van der Waals surface area contributed by atoms with Crippen LogP contribution in [0, 0.1) is 0 Å². The van der Waals surface area contributed by atoms with E-state index < -0.39 is 0 Å². The van der Waals surface area contributed by atoms with Crippen LogP contribution in [0.25, 0.3) is 143 Å². The van der Waals surface area contributed by atoms with Gasteiger partial charge in [-0.15, -0.1) is 0 Å². The van der Waals surface area contributed by atoms with Crippen LogP contribution < -0.4 is 0 Å². The highest BCUT2D eigenvalue weighted by molar-refractivity contribution is 6.20. The lowest BCUT2D eigenvalue weighted by Gasteiger charge is -2.15. The van der Waals surface area contributed by atoms with Crippen LogP contribution in [-0.2, 0) is 0 Å². The van der Waals surface area contributed by atoms with Crippen LogP contribution in [0.1, 0.15) is 0 Å². The van der Waals surface area contributed by atoms with Gasteiger partial charge in [-0.2, -0.15) is 0 Å². The summed E-state index contributed by atoms with van der Waals surface area (Å²) in [6.07, 6.45) is 0. The molecule has 0 N–H and O–H groups in total. The summed E-state index contributed by atoms with van der Waals surface area (Å²) in [5.41, 5.74) is 15.1. The van der Waals surface area contributed by atoms with Gasteiger partial charge < -0.3 is 8.83 Å². The second-order valence-corrected chi connectivity index (χ2v) is 17.7. The van der Waals surface area contributed by atoms with Gasteiger partial charge in [0.1, 0.15) is 22.3 Å². The van der Waals surface area contributed by atoms with Crippen molar-refractivity contribution in [3.05, 3.63) is 231 Å². The highest BCUT2D eigenvalue weighted by Gasteiger charge is 2.16. The minimum atomic E-state index is 0.667. The quantitative estimate of drug-likeness (QED) is 0.123. The molecule has 3 heterocycles. The van der Waals surface area contributed by atoms with E-state index in [9.17, 15) is 0 Å². The monoisotopic (exact) mass is 866 g/mol. The largest absolute Gasteiger partial charge is 0.456 e. The number of furan rings is 2. The molecule has 68 heavy (non-hydrogen) atoms. The summed E-state index contributed by atoms with van der Waals surface area (Å²) < 4.78 is 12.3. The molecule has 4 heteroatoms. The maximum atomic E-state index is 6.13. The zero-order chi connectivity index (χ0) is 44.7. The second kappa shape index (κ2) is 15.2. The van der Waals surface area contributed by atoms with Crippen molar-refractivity contribution >= 4 is 76.2 Å². The summed E-state index contributed by atoms with van der Waals surface area (Å²) in [7, 11) is 0. The summed E-state index contributed by atoms with van der Waals surface area (Å²) in [6, 6.07) is 81.8. The molecule has 0 atom stereocenters. The molecule has 0 saturated carbocycles. The summed E-state index contributed by atoms with van der Waals surface area (Å²) in [5.74, 6) is 0.667. The lowest BCUT2D eigenvalue weighted by molar-refractivity contribution is 0.668. The Kier molecular flexibility index (Phi) is 8.55. The first-order chi connectivity index (χ1) is 33.6. The predicted octanol–water partition coefficient (Wildman–Crippen LogP) is 17.7. The molecule has 0 radical (unpaired) electrons. The average molecular weight is 867 g/mol. The Balaban J connectivity index is 0.867. The van der Waals surface area contributed by atoms with Gasteiger partial charge in [-0.25, -0.2) is 9.97 Å². The normalized spacial score (nSPS) is 11.8. The third-order valence-electron chi connectivity index (χ3n) is 13.7. The summed E-state index contributed by atoms with van der Waals surface area (Å²) in [5, 5.41) is 11.9. The molecule has 0 aliphatic heterocycles. The Morgan fingerprint density at radius 1 is 0.235 bits per heavy atom. The molecule has 0 saturated heterocycles. The zero-order valence-electron chi connectivity index (χ0n) is 36.7. The third-order valence-corrected chi connectivity index (χ3v) is 13.7. The number of rotatable bonds is 6. The van der Waals surface area contributed by atoms with E-state index >= 15 is 0 Å². The van der Waals surface area contributed by atoms with Crippen LogP contribution in [0.15, 0.2) is 239 Å². The molecular weight excluding hydrogens is 829 g/mol. The number of benzene rings is 11. The fourth-order valence-electron chi connectivity index (χ4n) is 10.3.